The van der Waals surface area contributed by atoms with E-state index in [9.17, 15) is 8.42 Å². The average molecular weight is 296 g/mol. The van der Waals surface area contributed by atoms with Gasteiger partial charge in [-0.05, 0) is 43.4 Å². The van der Waals surface area contributed by atoms with Crippen LogP contribution in [0.25, 0.3) is 0 Å². The van der Waals surface area contributed by atoms with E-state index >= 15 is 0 Å². The van der Waals surface area contributed by atoms with Gasteiger partial charge in [-0.2, -0.15) is 0 Å². The molecule has 1 aliphatic carbocycles. The number of hydrogen-bond acceptors (Lipinski definition) is 3. The molecule has 1 saturated carbocycles. The van der Waals surface area contributed by atoms with E-state index in [0.29, 0.717) is 11.6 Å². The highest BCUT2D eigenvalue weighted by molar-refractivity contribution is 7.89. The molecule has 20 heavy (non-hydrogen) atoms. The molecule has 5 heteroatoms. The van der Waals surface area contributed by atoms with Crippen LogP contribution in [0.1, 0.15) is 50.6 Å². The van der Waals surface area contributed by atoms with Gasteiger partial charge in [0.15, 0.2) is 0 Å². The maximum atomic E-state index is 12.2. The Balaban J connectivity index is 1.94. The lowest BCUT2D eigenvalue weighted by Crippen LogP contribution is -2.32. The number of anilines is 1. The Labute approximate surface area is 121 Å². The number of hydrogen-bond donors (Lipinski definition) is 2. The first-order valence-electron chi connectivity index (χ1n) is 7.32. The van der Waals surface area contributed by atoms with E-state index in [-0.39, 0.29) is 11.8 Å². The van der Waals surface area contributed by atoms with Crippen LogP contribution >= 0.6 is 0 Å². The minimum absolute atomic E-state index is 0.218. The summed E-state index contributed by atoms with van der Waals surface area (Å²) in [5, 5.41) is 0. The van der Waals surface area contributed by atoms with Crippen LogP contribution in [0.15, 0.2) is 24.3 Å². The van der Waals surface area contributed by atoms with Crippen LogP contribution in [0.2, 0.25) is 0 Å². The van der Waals surface area contributed by atoms with Gasteiger partial charge in [0.2, 0.25) is 10.0 Å². The van der Waals surface area contributed by atoms with Gasteiger partial charge < -0.3 is 5.73 Å². The smallest absolute Gasteiger partial charge is 0.212 e. The zero-order valence-corrected chi connectivity index (χ0v) is 12.8. The lowest BCUT2D eigenvalue weighted by atomic mass is 9.91. The lowest BCUT2D eigenvalue weighted by Gasteiger charge is -2.22. The molecule has 0 aliphatic heterocycles. The van der Waals surface area contributed by atoms with E-state index in [1.54, 1.807) is 12.1 Å². The number of nitrogen functional groups attached to an aromatic ring is 1. The summed E-state index contributed by atoms with van der Waals surface area (Å²) in [7, 11) is -3.22. The molecule has 0 amide bonds. The summed E-state index contributed by atoms with van der Waals surface area (Å²) in [6.45, 7) is 1.87. The quantitative estimate of drug-likeness (QED) is 0.821. The zero-order chi connectivity index (χ0) is 14.6. The summed E-state index contributed by atoms with van der Waals surface area (Å²) in [5.74, 6) is 0.576. The standard InChI is InChI=1S/C15H24N2O2S/c1-12(14-7-9-15(16)10-8-14)17-20(18,19)11-13-5-3-2-4-6-13/h7-10,12-13,17H,2-6,11,16H2,1H3. The highest BCUT2D eigenvalue weighted by Crippen LogP contribution is 2.25. The fourth-order valence-corrected chi connectivity index (χ4v) is 4.56. The molecular weight excluding hydrogens is 272 g/mol. The Hall–Kier alpha value is -1.07. The predicted octanol–water partition coefficient (Wildman–Crippen LogP) is 2.83. The second-order valence-corrected chi connectivity index (χ2v) is 7.59. The van der Waals surface area contributed by atoms with E-state index in [2.05, 4.69) is 4.72 Å². The third-order valence-corrected chi connectivity index (χ3v) is 5.60. The Kier molecular flexibility index (Phi) is 5.05. The Morgan fingerprint density at radius 1 is 1.20 bits per heavy atom. The molecule has 1 aromatic carbocycles. The molecular formula is C15H24N2O2S. The van der Waals surface area contributed by atoms with Gasteiger partial charge in [-0.25, -0.2) is 13.1 Å². The minimum atomic E-state index is -3.22. The van der Waals surface area contributed by atoms with E-state index in [0.717, 1.165) is 31.2 Å². The molecule has 0 radical (unpaired) electrons. The van der Waals surface area contributed by atoms with Crippen molar-refractivity contribution in [1.82, 2.24) is 4.72 Å². The van der Waals surface area contributed by atoms with Gasteiger partial charge in [0.05, 0.1) is 5.75 Å². The lowest BCUT2D eigenvalue weighted by molar-refractivity contribution is 0.383. The summed E-state index contributed by atoms with van der Waals surface area (Å²) in [4.78, 5) is 0. The van der Waals surface area contributed by atoms with Gasteiger partial charge in [-0.15, -0.1) is 0 Å². The summed E-state index contributed by atoms with van der Waals surface area (Å²) in [5.41, 5.74) is 7.26. The van der Waals surface area contributed by atoms with E-state index in [4.69, 9.17) is 5.73 Å². The van der Waals surface area contributed by atoms with Crippen molar-refractivity contribution in [3.63, 3.8) is 0 Å². The average Bonchev–Trinajstić information content (AvgIpc) is 2.39. The van der Waals surface area contributed by atoms with Gasteiger partial charge in [0.25, 0.3) is 0 Å². The van der Waals surface area contributed by atoms with Crippen LogP contribution in [0.3, 0.4) is 0 Å². The summed E-state index contributed by atoms with van der Waals surface area (Å²) in [6, 6.07) is 7.10. The van der Waals surface area contributed by atoms with Gasteiger partial charge >= 0.3 is 0 Å². The molecule has 1 unspecified atom stereocenters. The van der Waals surface area contributed by atoms with Gasteiger partial charge in [-0.1, -0.05) is 31.4 Å². The van der Waals surface area contributed by atoms with E-state index < -0.39 is 10.0 Å². The van der Waals surface area contributed by atoms with Crippen LogP contribution in [0.4, 0.5) is 5.69 Å². The largest absolute Gasteiger partial charge is 0.399 e. The summed E-state index contributed by atoms with van der Waals surface area (Å²) >= 11 is 0. The summed E-state index contributed by atoms with van der Waals surface area (Å²) in [6.07, 6.45) is 5.64. The molecule has 3 N–H and O–H groups in total. The van der Waals surface area contributed by atoms with E-state index in [1.807, 2.05) is 19.1 Å². The van der Waals surface area contributed by atoms with Crippen molar-refractivity contribution >= 4 is 15.7 Å². The minimum Gasteiger partial charge on any atom is -0.399 e. The summed E-state index contributed by atoms with van der Waals surface area (Å²) < 4.78 is 27.2. The number of sulfonamides is 1. The Morgan fingerprint density at radius 3 is 2.40 bits per heavy atom. The Bertz CT molecular complexity index is 519. The molecule has 1 aromatic rings. The van der Waals surface area contributed by atoms with Crippen molar-refractivity contribution in [3.05, 3.63) is 29.8 Å². The second kappa shape index (κ2) is 6.59. The molecule has 0 saturated heterocycles. The normalized spacial score (nSPS) is 18.9. The van der Waals surface area contributed by atoms with Crippen LogP contribution in [-0.4, -0.2) is 14.2 Å². The maximum Gasteiger partial charge on any atom is 0.212 e. The molecule has 0 spiro atoms. The van der Waals surface area contributed by atoms with Crippen LogP contribution in [-0.2, 0) is 10.0 Å². The third-order valence-electron chi connectivity index (χ3n) is 3.97. The fraction of sp³-hybridized carbons (Fsp3) is 0.600. The fourth-order valence-electron chi connectivity index (χ4n) is 2.83. The monoisotopic (exact) mass is 296 g/mol. The Morgan fingerprint density at radius 2 is 1.80 bits per heavy atom. The second-order valence-electron chi connectivity index (χ2n) is 5.79. The molecule has 0 aromatic heterocycles. The number of benzene rings is 1. The van der Waals surface area contributed by atoms with Gasteiger partial charge in [0, 0.05) is 11.7 Å². The van der Waals surface area contributed by atoms with Crippen LogP contribution < -0.4 is 10.5 Å². The van der Waals surface area contributed by atoms with Gasteiger partial charge in [0.1, 0.15) is 0 Å². The van der Waals surface area contributed by atoms with Gasteiger partial charge in [-0.3, -0.25) is 0 Å². The SMILES string of the molecule is CC(NS(=O)(=O)CC1CCCCC1)c1ccc(N)cc1. The first-order valence-corrected chi connectivity index (χ1v) is 8.97. The van der Waals surface area contributed by atoms with Crippen molar-refractivity contribution in [2.75, 3.05) is 11.5 Å². The maximum absolute atomic E-state index is 12.2. The molecule has 112 valence electrons. The number of rotatable bonds is 5. The molecule has 1 aliphatic rings. The highest BCUT2D eigenvalue weighted by atomic mass is 32.2. The highest BCUT2D eigenvalue weighted by Gasteiger charge is 2.23. The van der Waals surface area contributed by atoms with Crippen molar-refractivity contribution in [3.8, 4) is 0 Å². The zero-order valence-electron chi connectivity index (χ0n) is 12.0. The first-order chi connectivity index (χ1) is 9.46. The van der Waals surface area contributed by atoms with Crippen molar-refractivity contribution in [2.24, 2.45) is 5.92 Å². The molecule has 1 atom stereocenters. The molecule has 1 fully saturated rings. The third kappa shape index (κ3) is 4.49. The topological polar surface area (TPSA) is 72.2 Å². The number of nitrogens with two attached hydrogens (primary N) is 1. The molecule has 0 bridgehead atoms. The molecule has 2 rings (SSSR count). The predicted molar refractivity (Wildman–Crippen MR) is 82.8 cm³/mol. The number of nitrogens with one attached hydrogen (secondary N) is 1. The van der Waals surface area contributed by atoms with Crippen LogP contribution in [0.5, 0.6) is 0 Å². The van der Waals surface area contributed by atoms with Crippen molar-refractivity contribution in [1.29, 1.82) is 0 Å². The first kappa shape index (κ1) is 15.3. The van der Waals surface area contributed by atoms with Crippen molar-refractivity contribution in [2.45, 2.75) is 45.1 Å². The van der Waals surface area contributed by atoms with Crippen molar-refractivity contribution < 1.29 is 8.42 Å². The van der Waals surface area contributed by atoms with E-state index in [1.165, 1.54) is 6.42 Å². The molecule has 4 nitrogen and oxygen atoms in total. The van der Waals surface area contributed by atoms with Crippen LogP contribution in [0, 0.1) is 5.92 Å². The molecule has 0 heterocycles.